The van der Waals surface area contributed by atoms with Crippen LogP contribution in [0.15, 0.2) is 11.6 Å². The zero-order chi connectivity index (χ0) is 48.3. The Balaban J connectivity index is 0.975. The van der Waals surface area contributed by atoms with Crippen LogP contribution in [-0.2, 0) is 38.0 Å². The van der Waals surface area contributed by atoms with E-state index in [1.165, 1.54) is 12.5 Å². The Morgan fingerprint density at radius 3 is 2.05 bits per heavy atom. The van der Waals surface area contributed by atoms with E-state index in [0.717, 1.165) is 32.1 Å². The van der Waals surface area contributed by atoms with Gasteiger partial charge in [0.25, 0.3) is 0 Å². The molecule has 0 spiro atoms. The summed E-state index contributed by atoms with van der Waals surface area (Å²) in [6.45, 7) is 15.6. The van der Waals surface area contributed by atoms with Crippen molar-refractivity contribution in [3.05, 3.63) is 11.6 Å². The number of allylic oxidation sites excluding steroid dienone is 2. The molecule has 5 aliphatic carbocycles. The number of aliphatic hydroxyl groups is 10. The fourth-order valence-electron chi connectivity index (χ4n) is 15.2. The summed E-state index contributed by atoms with van der Waals surface area (Å²) >= 11 is 0. The van der Waals surface area contributed by atoms with Gasteiger partial charge in [0.05, 0.1) is 44.1 Å². The molecule has 66 heavy (non-hydrogen) atoms. The first kappa shape index (κ1) is 50.9. The quantitative estimate of drug-likeness (QED) is 0.0851. The molecule has 3 aliphatic heterocycles. The largest absolute Gasteiger partial charge is 0.462 e. The first-order valence-electron chi connectivity index (χ1n) is 24.2. The van der Waals surface area contributed by atoms with E-state index in [1.54, 1.807) is 0 Å². The normalized spacial score (nSPS) is 53.3. The molecule has 8 aliphatic rings. The van der Waals surface area contributed by atoms with Crippen molar-refractivity contribution in [2.24, 2.45) is 50.2 Å². The van der Waals surface area contributed by atoms with Crippen LogP contribution in [0.25, 0.3) is 0 Å². The van der Waals surface area contributed by atoms with Gasteiger partial charge in [-0.1, -0.05) is 60.1 Å². The van der Waals surface area contributed by atoms with E-state index >= 15 is 0 Å². The minimum atomic E-state index is -1.76. The van der Waals surface area contributed by atoms with Gasteiger partial charge in [-0.3, -0.25) is 4.79 Å². The van der Waals surface area contributed by atoms with Crippen LogP contribution in [0.3, 0.4) is 0 Å². The maximum atomic E-state index is 12.8. The van der Waals surface area contributed by atoms with Crippen molar-refractivity contribution < 1.29 is 89.0 Å². The van der Waals surface area contributed by atoms with E-state index < -0.39 is 122 Å². The van der Waals surface area contributed by atoms with Gasteiger partial charge in [-0.05, 0) is 96.2 Å². The molecule has 18 heteroatoms. The van der Waals surface area contributed by atoms with Crippen LogP contribution in [0.2, 0.25) is 0 Å². The summed E-state index contributed by atoms with van der Waals surface area (Å²) in [6.07, 6.45) is -13.6. The van der Waals surface area contributed by atoms with E-state index in [4.69, 9.17) is 33.2 Å². The third kappa shape index (κ3) is 7.96. The average Bonchev–Trinajstić information content (AvgIpc) is 3.23. The van der Waals surface area contributed by atoms with Gasteiger partial charge in [0.1, 0.15) is 67.1 Å². The lowest BCUT2D eigenvalue weighted by atomic mass is 9.33. The van der Waals surface area contributed by atoms with Crippen LogP contribution in [-0.4, -0.2) is 182 Å². The summed E-state index contributed by atoms with van der Waals surface area (Å²) < 4.78 is 41.8. The minimum absolute atomic E-state index is 0.139. The highest BCUT2D eigenvalue weighted by atomic mass is 16.8. The monoisotopic (exact) mass is 943 g/mol. The van der Waals surface area contributed by atoms with Gasteiger partial charge in [0.15, 0.2) is 18.9 Å². The molecule has 8 rings (SSSR count). The van der Waals surface area contributed by atoms with Crippen LogP contribution >= 0.6 is 0 Å². The Morgan fingerprint density at radius 2 is 1.38 bits per heavy atom. The zero-order valence-corrected chi connectivity index (χ0v) is 39.8. The first-order valence-corrected chi connectivity index (χ1v) is 24.2. The van der Waals surface area contributed by atoms with Gasteiger partial charge in [-0.15, -0.1) is 0 Å². The summed E-state index contributed by atoms with van der Waals surface area (Å²) in [7, 11) is 0. The highest BCUT2D eigenvalue weighted by molar-refractivity contribution is 5.66. The molecule has 3 heterocycles. The number of fused-ring (bicyclic) bond motifs is 7. The van der Waals surface area contributed by atoms with Gasteiger partial charge in [-0.25, -0.2) is 0 Å². The van der Waals surface area contributed by atoms with Gasteiger partial charge in [-0.2, -0.15) is 0 Å². The Kier molecular flexibility index (Phi) is 13.9. The van der Waals surface area contributed by atoms with E-state index in [1.807, 2.05) is 0 Å². The summed E-state index contributed by atoms with van der Waals surface area (Å²) in [5.74, 6) is -0.131. The van der Waals surface area contributed by atoms with Crippen molar-refractivity contribution in [1.82, 2.24) is 0 Å². The van der Waals surface area contributed by atoms with Crippen molar-refractivity contribution in [1.29, 1.82) is 0 Å². The first-order chi connectivity index (χ1) is 30.8. The van der Waals surface area contributed by atoms with Crippen molar-refractivity contribution in [3.63, 3.8) is 0 Å². The van der Waals surface area contributed by atoms with Crippen LogP contribution in [0.4, 0.5) is 0 Å². The second kappa shape index (κ2) is 18.0. The summed E-state index contributed by atoms with van der Waals surface area (Å²) in [4.78, 5) is 12.8. The third-order valence-electron chi connectivity index (χ3n) is 19.0. The molecular weight excluding hydrogens is 865 g/mol. The molecule has 0 aromatic rings. The van der Waals surface area contributed by atoms with Crippen LogP contribution in [0.5, 0.6) is 0 Å². The van der Waals surface area contributed by atoms with Crippen molar-refractivity contribution >= 4 is 5.97 Å². The highest BCUT2D eigenvalue weighted by Crippen LogP contribution is 2.76. The number of ether oxygens (including phenoxy) is 7. The van der Waals surface area contributed by atoms with Crippen molar-refractivity contribution in [2.75, 3.05) is 26.4 Å². The summed E-state index contributed by atoms with van der Waals surface area (Å²) in [5.41, 5.74) is -1.02. The van der Waals surface area contributed by atoms with Gasteiger partial charge in [0.2, 0.25) is 0 Å². The molecule has 23 atom stereocenters. The fraction of sp³-hybridized carbons (Fsp3) is 0.938. The maximum Gasteiger partial charge on any atom is 0.302 e. The number of carbonyl (C=O) groups excluding carboxylic acids is 1. The van der Waals surface area contributed by atoms with E-state index in [0.29, 0.717) is 19.3 Å². The number of hydrogen-bond donors (Lipinski definition) is 10. The average molecular weight is 943 g/mol. The smallest absolute Gasteiger partial charge is 0.302 e. The van der Waals surface area contributed by atoms with Crippen molar-refractivity contribution in [3.8, 4) is 0 Å². The van der Waals surface area contributed by atoms with Gasteiger partial charge in [0, 0.05) is 6.92 Å². The van der Waals surface area contributed by atoms with Crippen molar-refractivity contribution in [2.45, 2.75) is 205 Å². The second-order valence-corrected chi connectivity index (χ2v) is 23.4. The Hall–Kier alpha value is -1.43. The molecular formula is C48H78O18. The molecule has 4 saturated carbocycles. The molecule has 378 valence electrons. The topological polar surface area (TPSA) is 284 Å². The number of rotatable bonds is 9. The maximum absolute atomic E-state index is 12.8. The Bertz CT molecular complexity index is 1800. The van der Waals surface area contributed by atoms with Crippen LogP contribution in [0.1, 0.15) is 107 Å². The Labute approximate surface area is 387 Å². The molecule has 0 aromatic heterocycles. The Morgan fingerprint density at radius 1 is 0.712 bits per heavy atom. The molecule has 0 bridgehead atoms. The minimum Gasteiger partial charge on any atom is -0.462 e. The number of aliphatic hydroxyl groups excluding tert-OH is 10. The predicted octanol–water partition coefficient (Wildman–Crippen LogP) is 0.405. The van der Waals surface area contributed by atoms with Gasteiger partial charge >= 0.3 is 5.97 Å². The number of carbonyl (C=O) groups is 1. The molecule has 3 saturated heterocycles. The molecule has 10 N–H and O–H groups in total. The summed E-state index contributed by atoms with van der Waals surface area (Å²) in [5, 5.41) is 108. The lowest BCUT2D eigenvalue weighted by Gasteiger charge is -2.72. The predicted molar refractivity (Wildman–Crippen MR) is 230 cm³/mol. The van der Waals surface area contributed by atoms with E-state index in [2.05, 4.69) is 54.5 Å². The highest BCUT2D eigenvalue weighted by Gasteiger charge is 2.72. The molecule has 0 unspecified atom stereocenters. The molecule has 0 radical (unpaired) electrons. The molecule has 0 amide bonds. The molecule has 0 aromatic carbocycles. The number of hydrogen-bond acceptors (Lipinski definition) is 18. The molecule has 18 nitrogen and oxygen atoms in total. The van der Waals surface area contributed by atoms with E-state index in [9.17, 15) is 55.9 Å². The SMILES string of the molecule is CC(=O)O[C@@H]1C[C@]2(C)C(=CC[C@@H]3[C@@]4(C)CC[C@H](O[C@@H]5OC[C@H](O[C@@H]6O[C@H](CO)[C@@H](O)[C@H](O)[C@H]6O[C@@H]6OC[C@@H](O)[C@H](O)[C@H]6O)[C@H](O)[C@H]5O)C(C)(C)[C@@H]4CC[C@]32C)[C@@H]2CC(C)(C)C[C@H](O)[C@]12CO. The van der Waals surface area contributed by atoms with Gasteiger partial charge < -0.3 is 84.2 Å². The lowest BCUT2D eigenvalue weighted by Crippen LogP contribution is -2.69. The standard InChI is InChI=1S/C48H78O18/c1-22(51)62-32-17-47(8)23(24-15-43(2,3)16-30(53)48(24,32)21-50)9-10-29-45(6)13-12-31(44(4,5)28(45)11-14-46(29,47)7)65-40-38(59)35(56)27(20-61-40)64-42-39(36(57)34(55)26(18-49)63-42)66-41-37(58)33(54)25(52)19-60-41/h9,24-42,49-50,52-59H,10-21H2,1-8H3/t24-,25+,26+,27-,28-,29+,30-,31-,32+,33-,34+,35-,36-,37+,38+,39+,40-,41-,42-,45-,46+,47+,48+/m0/s1. The third-order valence-corrected chi connectivity index (χ3v) is 19.0. The fourth-order valence-corrected chi connectivity index (χ4v) is 15.2. The number of esters is 1. The van der Waals surface area contributed by atoms with Crippen LogP contribution in [0, 0.1) is 50.2 Å². The zero-order valence-electron chi connectivity index (χ0n) is 39.8. The van der Waals surface area contributed by atoms with Crippen LogP contribution < -0.4 is 0 Å². The lowest BCUT2D eigenvalue weighted by molar-refractivity contribution is -0.377. The molecule has 7 fully saturated rings. The van der Waals surface area contributed by atoms with E-state index in [-0.39, 0.29) is 58.7 Å². The summed E-state index contributed by atoms with van der Waals surface area (Å²) in [6, 6.07) is 0. The second-order valence-electron chi connectivity index (χ2n) is 23.4.